The molecule has 2 heterocycles. The van der Waals surface area contributed by atoms with Crippen LogP contribution in [0.5, 0.6) is 5.88 Å². The molecule has 0 aliphatic rings. The van der Waals surface area contributed by atoms with E-state index < -0.39 is 23.7 Å². The highest BCUT2D eigenvalue weighted by Gasteiger charge is 2.33. The molecule has 4 N–H and O–H groups in total. The summed E-state index contributed by atoms with van der Waals surface area (Å²) in [7, 11) is 1.22. The topological polar surface area (TPSA) is 128 Å². The van der Waals surface area contributed by atoms with Gasteiger partial charge in [-0.3, -0.25) is 0 Å². The Morgan fingerprint density at radius 3 is 2.64 bits per heavy atom. The van der Waals surface area contributed by atoms with Crippen LogP contribution in [0.15, 0.2) is 60.1 Å². The van der Waals surface area contributed by atoms with Gasteiger partial charge in [0.25, 0.3) is 0 Å². The standard InChI is InChI=1S/C22H17ClF4N6O3/c1-11(31-13-3-4-17(24)16(23)8-13)29-10-15(12-7-14(21(34)35)20(36-2)30-9-12)19(28)33-6-5-18(32-33)22(25,26)27/h3-10,31H,1,28H2,2H3,(H,34,35)/b19-15-,29-10-. The van der Waals surface area contributed by atoms with Crippen molar-refractivity contribution >= 4 is 40.9 Å². The molecule has 0 bridgehead atoms. The number of nitrogens with one attached hydrogen (secondary N) is 1. The summed E-state index contributed by atoms with van der Waals surface area (Å²) in [5.41, 5.74) is 4.97. The number of allylic oxidation sites excluding steroid dienone is 1. The molecule has 3 aromatic rings. The molecule has 0 saturated heterocycles. The number of aromatic nitrogens is 3. The Labute approximate surface area is 206 Å². The van der Waals surface area contributed by atoms with Crippen LogP contribution in [0.2, 0.25) is 5.02 Å². The monoisotopic (exact) mass is 524 g/mol. The van der Waals surface area contributed by atoms with Crippen LogP contribution in [-0.4, -0.2) is 39.2 Å². The minimum absolute atomic E-state index is 0.0133. The van der Waals surface area contributed by atoms with E-state index in [0.717, 1.165) is 35.3 Å². The maximum atomic E-state index is 13.4. The molecule has 0 spiro atoms. The SMILES string of the molecule is C=C(/N=C\C(=C(/N)n1ccc(C(F)(F)F)n1)c1cnc(OC)c(C(=O)O)c1)Nc1ccc(F)c(Cl)c1. The van der Waals surface area contributed by atoms with E-state index in [1.165, 1.54) is 25.4 Å². The molecule has 0 radical (unpaired) electrons. The van der Waals surface area contributed by atoms with Crippen LogP contribution >= 0.6 is 11.6 Å². The van der Waals surface area contributed by atoms with E-state index in [0.29, 0.717) is 5.69 Å². The lowest BCUT2D eigenvalue weighted by Gasteiger charge is -2.12. The molecule has 9 nitrogen and oxygen atoms in total. The first-order valence-corrected chi connectivity index (χ1v) is 10.1. The second-order valence-corrected chi connectivity index (χ2v) is 7.39. The summed E-state index contributed by atoms with van der Waals surface area (Å²) in [5.74, 6) is -2.50. The van der Waals surface area contributed by atoms with Crippen molar-refractivity contribution in [2.24, 2.45) is 10.7 Å². The van der Waals surface area contributed by atoms with Crippen molar-refractivity contribution in [2.75, 3.05) is 12.4 Å². The molecule has 188 valence electrons. The summed E-state index contributed by atoms with van der Waals surface area (Å²) in [6.07, 6.45) is -1.41. The number of carbonyl (C=O) groups is 1. The molecule has 0 saturated carbocycles. The van der Waals surface area contributed by atoms with E-state index >= 15 is 0 Å². The number of anilines is 1. The molecule has 2 aromatic heterocycles. The van der Waals surface area contributed by atoms with Crippen molar-refractivity contribution in [1.29, 1.82) is 0 Å². The van der Waals surface area contributed by atoms with Crippen molar-refractivity contribution in [3.05, 3.63) is 82.8 Å². The predicted molar refractivity (Wildman–Crippen MR) is 125 cm³/mol. The lowest BCUT2D eigenvalue weighted by atomic mass is 10.1. The van der Waals surface area contributed by atoms with Crippen molar-refractivity contribution < 1.29 is 32.2 Å². The summed E-state index contributed by atoms with van der Waals surface area (Å²) in [4.78, 5) is 19.6. The first-order chi connectivity index (χ1) is 16.9. The van der Waals surface area contributed by atoms with Crippen LogP contribution in [0.1, 0.15) is 21.6 Å². The smallest absolute Gasteiger partial charge is 0.435 e. The van der Waals surface area contributed by atoms with E-state index in [1.807, 2.05) is 0 Å². The number of ether oxygens (including phenoxy) is 1. The van der Waals surface area contributed by atoms with Crippen LogP contribution in [0.3, 0.4) is 0 Å². The second kappa shape index (κ2) is 10.5. The summed E-state index contributed by atoms with van der Waals surface area (Å²) in [6.45, 7) is 3.70. The molecule has 3 rings (SSSR count). The van der Waals surface area contributed by atoms with Gasteiger partial charge in [0.05, 0.1) is 12.1 Å². The van der Waals surface area contributed by atoms with Crippen LogP contribution in [0.25, 0.3) is 11.4 Å². The van der Waals surface area contributed by atoms with Crippen LogP contribution < -0.4 is 15.8 Å². The zero-order valence-corrected chi connectivity index (χ0v) is 19.1. The quantitative estimate of drug-likeness (QED) is 0.287. The van der Waals surface area contributed by atoms with Gasteiger partial charge in [0.1, 0.15) is 23.0 Å². The number of hydrogen-bond acceptors (Lipinski definition) is 7. The predicted octanol–water partition coefficient (Wildman–Crippen LogP) is 4.73. The number of nitrogens with two attached hydrogens (primary N) is 1. The number of aromatic carboxylic acids is 1. The van der Waals surface area contributed by atoms with E-state index in [9.17, 15) is 27.5 Å². The molecule has 0 atom stereocenters. The third-order valence-corrected chi connectivity index (χ3v) is 4.84. The molecule has 0 aliphatic heterocycles. The van der Waals surface area contributed by atoms with Gasteiger partial charge in [-0.25, -0.2) is 23.8 Å². The lowest BCUT2D eigenvalue weighted by molar-refractivity contribution is -0.141. The first kappa shape index (κ1) is 26.2. The summed E-state index contributed by atoms with van der Waals surface area (Å²) < 4.78 is 58.1. The Hall–Kier alpha value is -4.39. The fourth-order valence-electron chi connectivity index (χ4n) is 2.85. The minimum atomic E-state index is -4.72. The number of pyridine rings is 1. The van der Waals surface area contributed by atoms with Gasteiger partial charge in [-0.05, 0) is 30.3 Å². The summed E-state index contributed by atoms with van der Waals surface area (Å²) in [6, 6.07) is 5.67. The average Bonchev–Trinajstić information content (AvgIpc) is 3.32. The molecule has 1 aromatic carbocycles. The third-order valence-electron chi connectivity index (χ3n) is 4.55. The highest BCUT2D eigenvalue weighted by molar-refractivity contribution is 6.31. The molecule has 14 heteroatoms. The molecule has 0 fully saturated rings. The van der Waals surface area contributed by atoms with Crippen molar-refractivity contribution in [2.45, 2.75) is 6.18 Å². The lowest BCUT2D eigenvalue weighted by Crippen LogP contribution is -2.14. The zero-order valence-electron chi connectivity index (χ0n) is 18.3. The Kier molecular flexibility index (Phi) is 7.63. The highest BCUT2D eigenvalue weighted by atomic mass is 35.5. The minimum Gasteiger partial charge on any atom is -0.480 e. The normalized spacial score (nSPS) is 12.4. The van der Waals surface area contributed by atoms with Crippen LogP contribution in [0, 0.1) is 5.82 Å². The molecule has 0 aliphatic carbocycles. The number of methoxy groups -OCH3 is 1. The number of carboxylic acid groups (broad SMARTS) is 1. The molecule has 36 heavy (non-hydrogen) atoms. The van der Waals surface area contributed by atoms with Gasteiger partial charge in [0, 0.05) is 35.4 Å². The van der Waals surface area contributed by atoms with Gasteiger partial charge in [-0.2, -0.15) is 18.3 Å². The fraction of sp³-hybridized carbons (Fsp3) is 0.0909. The second-order valence-electron chi connectivity index (χ2n) is 6.99. The number of benzene rings is 1. The van der Waals surface area contributed by atoms with Crippen LogP contribution in [-0.2, 0) is 6.18 Å². The Bertz CT molecular complexity index is 1380. The third kappa shape index (κ3) is 5.99. The van der Waals surface area contributed by atoms with Gasteiger partial charge < -0.3 is 20.9 Å². The zero-order chi connectivity index (χ0) is 26.6. The molecule has 0 amide bonds. The number of carboxylic acids is 1. The maximum absolute atomic E-state index is 13.4. The maximum Gasteiger partial charge on any atom is 0.435 e. The van der Waals surface area contributed by atoms with Gasteiger partial charge in [-0.15, -0.1) is 0 Å². The Morgan fingerprint density at radius 1 is 1.33 bits per heavy atom. The number of halogens is 5. The Morgan fingerprint density at radius 2 is 2.06 bits per heavy atom. The number of nitrogens with zero attached hydrogens (tertiary/aromatic N) is 4. The van der Waals surface area contributed by atoms with E-state index in [1.54, 1.807) is 0 Å². The fourth-order valence-corrected chi connectivity index (χ4v) is 3.03. The van der Waals surface area contributed by atoms with Crippen molar-refractivity contribution in [3.8, 4) is 5.88 Å². The molecular weight excluding hydrogens is 508 g/mol. The molecule has 0 unspecified atom stereocenters. The van der Waals surface area contributed by atoms with E-state index in [2.05, 4.69) is 27.0 Å². The van der Waals surface area contributed by atoms with Gasteiger partial charge in [0.2, 0.25) is 5.88 Å². The first-order valence-electron chi connectivity index (χ1n) is 9.76. The van der Waals surface area contributed by atoms with Gasteiger partial charge in [-0.1, -0.05) is 18.2 Å². The van der Waals surface area contributed by atoms with Gasteiger partial charge >= 0.3 is 12.1 Å². The summed E-state index contributed by atoms with van der Waals surface area (Å²) >= 11 is 5.75. The van der Waals surface area contributed by atoms with Crippen molar-refractivity contribution in [1.82, 2.24) is 14.8 Å². The highest BCUT2D eigenvalue weighted by Crippen LogP contribution is 2.29. The van der Waals surface area contributed by atoms with Crippen molar-refractivity contribution in [3.63, 3.8) is 0 Å². The largest absolute Gasteiger partial charge is 0.480 e. The number of hydrogen-bond donors (Lipinski definition) is 3. The van der Waals surface area contributed by atoms with E-state index in [-0.39, 0.29) is 39.2 Å². The van der Waals surface area contributed by atoms with Gasteiger partial charge in [0.15, 0.2) is 5.69 Å². The molecular formula is C22H17ClF4N6O3. The van der Waals surface area contributed by atoms with Crippen LogP contribution in [0.4, 0.5) is 23.2 Å². The average molecular weight is 525 g/mol. The summed E-state index contributed by atoms with van der Waals surface area (Å²) in [5, 5.41) is 15.5. The number of rotatable bonds is 8. The Balaban J connectivity index is 2.06. The number of alkyl halides is 3. The number of aliphatic imine (C=N–C) groups is 1. The van der Waals surface area contributed by atoms with E-state index in [4.69, 9.17) is 22.1 Å².